The van der Waals surface area contributed by atoms with Crippen molar-refractivity contribution in [2.45, 2.75) is 44.7 Å². The Morgan fingerprint density at radius 1 is 1.17 bits per heavy atom. The number of piperidine rings is 1. The summed E-state index contributed by atoms with van der Waals surface area (Å²) in [5.41, 5.74) is 0. The SMILES string of the molecule is COc1cc(N(C2CC2)C2CCN(c3nc(C)no3)CC2)ncn1. The number of hydrogen-bond donors (Lipinski definition) is 0. The molecule has 4 rings (SSSR count). The summed E-state index contributed by atoms with van der Waals surface area (Å²) in [4.78, 5) is 17.6. The first kappa shape index (κ1) is 15.2. The number of ether oxygens (including phenoxy) is 1. The second kappa shape index (κ2) is 6.26. The van der Waals surface area contributed by atoms with Crippen LogP contribution >= 0.6 is 0 Å². The number of hydrogen-bond acceptors (Lipinski definition) is 8. The molecule has 1 saturated carbocycles. The highest BCUT2D eigenvalue weighted by molar-refractivity contribution is 5.45. The van der Waals surface area contributed by atoms with Gasteiger partial charge < -0.3 is 19.1 Å². The van der Waals surface area contributed by atoms with Gasteiger partial charge in [0.15, 0.2) is 5.82 Å². The van der Waals surface area contributed by atoms with Crippen molar-refractivity contribution in [3.8, 4) is 5.88 Å². The lowest BCUT2D eigenvalue weighted by molar-refractivity contribution is 0.382. The molecule has 8 nitrogen and oxygen atoms in total. The molecule has 3 heterocycles. The van der Waals surface area contributed by atoms with Crippen molar-refractivity contribution >= 4 is 11.8 Å². The lowest BCUT2D eigenvalue weighted by Crippen LogP contribution is -2.46. The highest BCUT2D eigenvalue weighted by Crippen LogP contribution is 2.36. The van der Waals surface area contributed by atoms with E-state index >= 15 is 0 Å². The van der Waals surface area contributed by atoms with E-state index in [4.69, 9.17) is 9.26 Å². The van der Waals surface area contributed by atoms with Crippen LogP contribution in [0.1, 0.15) is 31.5 Å². The van der Waals surface area contributed by atoms with Crippen LogP contribution in [-0.2, 0) is 0 Å². The van der Waals surface area contributed by atoms with Gasteiger partial charge in [-0.05, 0) is 32.6 Å². The fraction of sp³-hybridized carbons (Fsp3) is 0.625. The molecular formula is C16H22N6O2. The van der Waals surface area contributed by atoms with Gasteiger partial charge in [0.25, 0.3) is 0 Å². The van der Waals surface area contributed by atoms with Crippen LogP contribution in [0, 0.1) is 6.92 Å². The number of anilines is 2. The fourth-order valence-electron chi connectivity index (χ4n) is 3.36. The smallest absolute Gasteiger partial charge is 0.324 e. The Hall–Kier alpha value is -2.38. The summed E-state index contributed by atoms with van der Waals surface area (Å²) in [6, 6.07) is 3.63. The van der Waals surface area contributed by atoms with Gasteiger partial charge in [0.2, 0.25) is 5.88 Å². The summed E-state index contributed by atoms with van der Waals surface area (Å²) < 4.78 is 10.5. The maximum absolute atomic E-state index is 5.29. The summed E-state index contributed by atoms with van der Waals surface area (Å²) in [6.07, 6.45) is 6.14. The van der Waals surface area contributed by atoms with Crippen LogP contribution in [0.25, 0.3) is 0 Å². The molecule has 2 aromatic heterocycles. The van der Waals surface area contributed by atoms with E-state index < -0.39 is 0 Å². The topological polar surface area (TPSA) is 80.4 Å². The van der Waals surface area contributed by atoms with Crippen molar-refractivity contribution in [2.24, 2.45) is 0 Å². The molecule has 1 aliphatic heterocycles. The minimum Gasteiger partial charge on any atom is -0.481 e. The molecule has 0 amide bonds. The first-order valence-corrected chi connectivity index (χ1v) is 8.44. The van der Waals surface area contributed by atoms with E-state index in [0.717, 1.165) is 31.7 Å². The van der Waals surface area contributed by atoms with Crippen LogP contribution in [0.3, 0.4) is 0 Å². The molecule has 0 unspecified atom stereocenters. The number of aromatic nitrogens is 4. The van der Waals surface area contributed by atoms with Gasteiger partial charge in [-0.2, -0.15) is 4.98 Å². The molecule has 0 aromatic carbocycles. The van der Waals surface area contributed by atoms with Crippen molar-refractivity contribution in [1.29, 1.82) is 0 Å². The highest BCUT2D eigenvalue weighted by atomic mass is 16.5. The van der Waals surface area contributed by atoms with Gasteiger partial charge in [0.1, 0.15) is 12.1 Å². The average molecular weight is 330 g/mol. The summed E-state index contributed by atoms with van der Waals surface area (Å²) in [5, 5.41) is 3.88. The molecule has 0 spiro atoms. The Labute approximate surface area is 140 Å². The number of methoxy groups -OCH3 is 1. The Morgan fingerprint density at radius 2 is 1.92 bits per heavy atom. The molecule has 1 saturated heterocycles. The van der Waals surface area contributed by atoms with Gasteiger partial charge in [-0.1, -0.05) is 5.16 Å². The normalized spacial score (nSPS) is 18.7. The van der Waals surface area contributed by atoms with Crippen LogP contribution in [0.5, 0.6) is 5.88 Å². The highest BCUT2D eigenvalue weighted by Gasteiger charge is 2.37. The van der Waals surface area contributed by atoms with E-state index in [-0.39, 0.29) is 0 Å². The standard InChI is InChI=1S/C16H22N6O2/c1-11-19-16(24-20-11)21-7-5-13(6-8-21)22(12-3-4-12)14-9-15(23-2)18-10-17-14/h9-10,12-13H,3-8H2,1-2H3. The largest absolute Gasteiger partial charge is 0.481 e. The first-order valence-electron chi connectivity index (χ1n) is 8.44. The van der Waals surface area contributed by atoms with Gasteiger partial charge >= 0.3 is 6.01 Å². The monoisotopic (exact) mass is 330 g/mol. The van der Waals surface area contributed by atoms with Gasteiger partial charge in [0.05, 0.1) is 7.11 Å². The van der Waals surface area contributed by atoms with Crippen LogP contribution in [-0.4, -0.2) is 52.4 Å². The van der Waals surface area contributed by atoms with E-state index in [9.17, 15) is 0 Å². The van der Waals surface area contributed by atoms with Crippen molar-refractivity contribution in [2.75, 3.05) is 30.0 Å². The molecule has 2 aliphatic rings. The first-order chi connectivity index (χ1) is 11.7. The van der Waals surface area contributed by atoms with Gasteiger partial charge in [-0.3, -0.25) is 0 Å². The Balaban J connectivity index is 1.47. The molecule has 0 bridgehead atoms. The molecule has 2 aromatic rings. The lowest BCUT2D eigenvalue weighted by Gasteiger charge is -2.38. The van der Waals surface area contributed by atoms with E-state index in [2.05, 4.69) is 29.9 Å². The maximum Gasteiger partial charge on any atom is 0.324 e. The molecule has 8 heteroatoms. The zero-order chi connectivity index (χ0) is 16.5. The zero-order valence-corrected chi connectivity index (χ0v) is 14.1. The molecule has 0 N–H and O–H groups in total. The van der Waals surface area contributed by atoms with E-state index in [0.29, 0.717) is 29.8 Å². The summed E-state index contributed by atoms with van der Waals surface area (Å²) in [6.45, 7) is 3.67. The van der Waals surface area contributed by atoms with Crippen molar-refractivity contribution < 1.29 is 9.26 Å². The minimum atomic E-state index is 0.470. The number of aryl methyl sites for hydroxylation is 1. The average Bonchev–Trinajstić information content (AvgIpc) is 3.36. The number of rotatable bonds is 5. The van der Waals surface area contributed by atoms with Gasteiger partial charge in [-0.25, -0.2) is 9.97 Å². The Bertz CT molecular complexity index is 693. The van der Waals surface area contributed by atoms with E-state index in [1.165, 1.54) is 12.8 Å². The predicted molar refractivity (Wildman–Crippen MR) is 88.4 cm³/mol. The van der Waals surface area contributed by atoms with Crippen molar-refractivity contribution in [3.63, 3.8) is 0 Å². The maximum atomic E-state index is 5.29. The molecule has 2 fully saturated rings. The quantitative estimate of drug-likeness (QED) is 0.821. The molecule has 1 aliphatic carbocycles. The third-order valence-corrected chi connectivity index (χ3v) is 4.69. The Kier molecular flexibility index (Phi) is 3.95. The van der Waals surface area contributed by atoms with Gasteiger partial charge in [-0.15, -0.1) is 0 Å². The fourth-order valence-corrected chi connectivity index (χ4v) is 3.36. The predicted octanol–water partition coefficient (Wildman–Crippen LogP) is 1.81. The second-order valence-corrected chi connectivity index (χ2v) is 6.40. The molecular weight excluding hydrogens is 308 g/mol. The van der Waals surface area contributed by atoms with Crippen LogP contribution in [0.15, 0.2) is 16.9 Å². The summed E-state index contributed by atoms with van der Waals surface area (Å²) in [5.74, 6) is 2.26. The zero-order valence-electron chi connectivity index (χ0n) is 14.1. The Morgan fingerprint density at radius 3 is 2.54 bits per heavy atom. The van der Waals surface area contributed by atoms with Crippen LogP contribution < -0.4 is 14.5 Å². The van der Waals surface area contributed by atoms with E-state index in [1.807, 2.05) is 13.0 Å². The summed E-state index contributed by atoms with van der Waals surface area (Å²) >= 11 is 0. The van der Waals surface area contributed by atoms with Crippen LogP contribution in [0.4, 0.5) is 11.8 Å². The lowest BCUT2D eigenvalue weighted by atomic mass is 10.0. The van der Waals surface area contributed by atoms with Crippen molar-refractivity contribution in [1.82, 2.24) is 20.1 Å². The molecule has 24 heavy (non-hydrogen) atoms. The number of nitrogens with zero attached hydrogens (tertiary/aromatic N) is 6. The third kappa shape index (κ3) is 3.00. The molecule has 0 radical (unpaired) electrons. The second-order valence-electron chi connectivity index (χ2n) is 6.40. The van der Waals surface area contributed by atoms with Crippen molar-refractivity contribution in [3.05, 3.63) is 18.2 Å². The third-order valence-electron chi connectivity index (χ3n) is 4.69. The summed E-state index contributed by atoms with van der Waals surface area (Å²) in [7, 11) is 1.64. The van der Waals surface area contributed by atoms with Crippen LogP contribution in [0.2, 0.25) is 0 Å². The molecule has 0 atom stereocenters. The minimum absolute atomic E-state index is 0.470. The molecule has 128 valence electrons. The van der Waals surface area contributed by atoms with E-state index in [1.54, 1.807) is 13.4 Å². The van der Waals surface area contributed by atoms with Gasteiger partial charge in [0, 0.05) is 31.2 Å².